The summed E-state index contributed by atoms with van der Waals surface area (Å²) in [5.74, 6) is 0.192. The predicted molar refractivity (Wildman–Crippen MR) is 111 cm³/mol. The summed E-state index contributed by atoms with van der Waals surface area (Å²) in [7, 11) is 0. The molecule has 0 spiro atoms. The number of carbonyl (C=O) groups is 2. The second kappa shape index (κ2) is 6.78. The number of hydrogen-bond acceptors (Lipinski definition) is 3. The maximum Gasteiger partial charge on any atom is 0.254 e. The summed E-state index contributed by atoms with van der Waals surface area (Å²) < 4.78 is 0. The lowest BCUT2D eigenvalue weighted by atomic mass is 9.78. The van der Waals surface area contributed by atoms with Crippen molar-refractivity contribution in [3.05, 3.63) is 28.8 Å². The molecule has 3 rings (SSSR count). The van der Waals surface area contributed by atoms with Gasteiger partial charge >= 0.3 is 0 Å². The molecule has 2 aliphatic rings. The Hall–Kier alpha value is -2.04. The summed E-state index contributed by atoms with van der Waals surface area (Å²) >= 11 is 0. The highest BCUT2D eigenvalue weighted by Crippen LogP contribution is 2.40. The van der Waals surface area contributed by atoms with Crippen LogP contribution in [0.1, 0.15) is 82.8 Å². The fourth-order valence-electron chi connectivity index (χ4n) is 4.40. The minimum Gasteiger partial charge on any atom is -0.507 e. The van der Waals surface area contributed by atoms with Gasteiger partial charge in [0.15, 0.2) is 0 Å². The van der Waals surface area contributed by atoms with E-state index in [1.165, 1.54) is 0 Å². The lowest BCUT2D eigenvalue weighted by molar-refractivity contribution is -0.141. The van der Waals surface area contributed by atoms with Gasteiger partial charge in [-0.3, -0.25) is 9.59 Å². The largest absolute Gasteiger partial charge is 0.507 e. The summed E-state index contributed by atoms with van der Waals surface area (Å²) in [6.07, 6.45) is 1.96. The van der Waals surface area contributed by atoms with Crippen molar-refractivity contribution in [2.75, 3.05) is 13.1 Å². The molecule has 0 aliphatic carbocycles. The Morgan fingerprint density at radius 2 is 1.61 bits per heavy atom. The van der Waals surface area contributed by atoms with Crippen LogP contribution in [-0.2, 0) is 15.6 Å². The van der Waals surface area contributed by atoms with E-state index < -0.39 is 6.04 Å². The molecule has 5 nitrogen and oxygen atoms in total. The molecule has 5 heteroatoms. The number of phenols is 1. The van der Waals surface area contributed by atoms with Crippen LogP contribution in [0, 0.1) is 0 Å². The van der Waals surface area contributed by atoms with Crippen molar-refractivity contribution in [1.29, 1.82) is 0 Å². The fraction of sp³-hybridized carbons (Fsp3) is 0.652. The Labute approximate surface area is 168 Å². The van der Waals surface area contributed by atoms with Gasteiger partial charge in [-0.05, 0) is 42.7 Å². The van der Waals surface area contributed by atoms with E-state index in [-0.39, 0.29) is 34.4 Å². The van der Waals surface area contributed by atoms with Gasteiger partial charge in [0.05, 0.1) is 0 Å². The lowest BCUT2D eigenvalue weighted by Gasteiger charge is -2.41. The lowest BCUT2D eigenvalue weighted by Crippen LogP contribution is -2.60. The van der Waals surface area contributed by atoms with Crippen LogP contribution in [0.15, 0.2) is 12.1 Å². The molecule has 1 N–H and O–H groups in total. The van der Waals surface area contributed by atoms with Gasteiger partial charge in [-0.1, -0.05) is 41.5 Å². The SMILES string of the molecule is C[C@H]1C(=O)N2CCC[C@H]2CN1C(=O)c1cc(C(C)(C)C)c(O)c(C(C)(C)C)c1. The van der Waals surface area contributed by atoms with Gasteiger partial charge < -0.3 is 14.9 Å². The van der Waals surface area contributed by atoms with Crippen molar-refractivity contribution in [3.63, 3.8) is 0 Å². The standard InChI is InChI=1S/C23H34N2O3/c1-14-20(27)24-10-8-9-16(24)13-25(14)21(28)15-11-17(22(2,3)4)19(26)18(12-15)23(5,6)7/h11-12,14,16,26H,8-10,13H2,1-7H3/t14-,16-/m0/s1. The number of aromatic hydroxyl groups is 1. The Morgan fingerprint density at radius 1 is 1.07 bits per heavy atom. The monoisotopic (exact) mass is 386 g/mol. The molecule has 154 valence electrons. The third kappa shape index (κ3) is 3.51. The highest BCUT2D eigenvalue weighted by Gasteiger charge is 2.42. The maximum atomic E-state index is 13.5. The molecule has 1 aromatic carbocycles. The van der Waals surface area contributed by atoms with Gasteiger partial charge in [0.1, 0.15) is 11.8 Å². The maximum absolute atomic E-state index is 13.5. The Bertz CT molecular complexity index is 766. The first-order valence-electron chi connectivity index (χ1n) is 10.3. The van der Waals surface area contributed by atoms with Gasteiger partial charge in [-0.15, -0.1) is 0 Å². The van der Waals surface area contributed by atoms with Crippen LogP contribution in [-0.4, -0.2) is 51.9 Å². The topological polar surface area (TPSA) is 60.9 Å². The summed E-state index contributed by atoms with van der Waals surface area (Å²) in [4.78, 5) is 29.9. The molecule has 0 bridgehead atoms. The van der Waals surface area contributed by atoms with E-state index in [4.69, 9.17) is 0 Å². The third-order valence-corrected chi connectivity index (χ3v) is 6.13. The molecule has 0 aromatic heterocycles. The number of rotatable bonds is 1. The van der Waals surface area contributed by atoms with Crippen LogP contribution in [0.4, 0.5) is 0 Å². The average Bonchev–Trinajstić information content (AvgIpc) is 3.04. The van der Waals surface area contributed by atoms with Crippen LogP contribution in [0.3, 0.4) is 0 Å². The molecule has 1 aromatic rings. The zero-order valence-electron chi connectivity index (χ0n) is 18.3. The molecule has 0 radical (unpaired) electrons. The first-order valence-corrected chi connectivity index (χ1v) is 10.3. The number of carbonyl (C=O) groups excluding carboxylic acids is 2. The van der Waals surface area contributed by atoms with E-state index in [1.807, 2.05) is 65.5 Å². The Kier molecular flexibility index (Phi) is 5.01. The molecular formula is C23H34N2O3. The van der Waals surface area contributed by atoms with Crippen molar-refractivity contribution in [2.45, 2.75) is 84.2 Å². The second-order valence-electron chi connectivity index (χ2n) is 10.4. The first kappa shape index (κ1) is 20.7. The predicted octanol–water partition coefficient (Wildman–Crippen LogP) is 3.82. The highest BCUT2D eigenvalue weighted by atomic mass is 16.3. The number of benzene rings is 1. The van der Waals surface area contributed by atoms with E-state index in [1.54, 1.807) is 4.90 Å². The van der Waals surface area contributed by atoms with Gasteiger partial charge in [-0.2, -0.15) is 0 Å². The number of hydrogen-bond donors (Lipinski definition) is 1. The molecule has 2 fully saturated rings. The molecule has 2 atom stereocenters. The van der Waals surface area contributed by atoms with Crippen LogP contribution < -0.4 is 0 Å². The number of fused-ring (bicyclic) bond motifs is 1. The quantitative estimate of drug-likeness (QED) is 0.798. The zero-order valence-corrected chi connectivity index (χ0v) is 18.3. The van der Waals surface area contributed by atoms with Gasteiger partial charge in [-0.25, -0.2) is 0 Å². The molecular weight excluding hydrogens is 352 g/mol. The van der Waals surface area contributed by atoms with Crippen LogP contribution in [0.2, 0.25) is 0 Å². The van der Waals surface area contributed by atoms with E-state index in [9.17, 15) is 14.7 Å². The van der Waals surface area contributed by atoms with Crippen molar-refractivity contribution in [1.82, 2.24) is 9.80 Å². The van der Waals surface area contributed by atoms with Gasteiger partial charge in [0.25, 0.3) is 5.91 Å². The van der Waals surface area contributed by atoms with Crippen LogP contribution in [0.5, 0.6) is 5.75 Å². The summed E-state index contributed by atoms with van der Waals surface area (Å²) in [6.45, 7) is 15.4. The normalized spacial score (nSPS) is 23.2. The molecule has 2 amide bonds. The second-order valence-corrected chi connectivity index (χ2v) is 10.4. The van der Waals surface area contributed by atoms with Gasteiger partial charge in [0.2, 0.25) is 5.91 Å². The van der Waals surface area contributed by atoms with Crippen molar-refractivity contribution in [3.8, 4) is 5.75 Å². The number of phenolic OH excluding ortho intramolecular Hbond substituents is 1. The van der Waals surface area contributed by atoms with E-state index in [0.717, 1.165) is 30.5 Å². The zero-order chi connectivity index (χ0) is 21.0. The van der Waals surface area contributed by atoms with Crippen LogP contribution in [0.25, 0.3) is 0 Å². The molecule has 0 saturated carbocycles. The number of amides is 2. The van der Waals surface area contributed by atoms with E-state index in [0.29, 0.717) is 12.1 Å². The van der Waals surface area contributed by atoms with Crippen molar-refractivity contribution in [2.24, 2.45) is 0 Å². The Morgan fingerprint density at radius 3 is 2.11 bits per heavy atom. The summed E-state index contributed by atoms with van der Waals surface area (Å²) in [5, 5.41) is 10.9. The van der Waals surface area contributed by atoms with Gasteiger partial charge in [0, 0.05) is 35.8 Å². The Balaban J connectivity index is 2.05. The number of nitrogens with zero attached hydrogens (tertiary/aromatic N) is 2. The third-order valence-electron chi connectivity index (χ3n) is 6.13. The molecule has 2 heterocycles. The van der Waals surface area contributed by atoms with E-state index >= 15 is 0 Å². The smallest absolute Gasteiger partial charge is 0.254 e. The average molecular weight is 387 g/mol. The molecule has 0 unspecified atom stereocenters. The highest BCUT2D eigenvalue weighted by molar-refractivity contribution is 5.99. The minimum atomic E-state index is -0.452. The minimum absolute atomic E-state index is 0.0490. The fourth-order valence-corrected chi connectivity index (χ4v) is 4.40. The number of piperazine rings is 1. The van der Waals surface area contributed by atoms with Crippen molar-refractivity contribution < 1.29 is 14.7 Å². The summed E-state index contributed by atoms with van der Waals surface area (Å²) in [5.41, 5.74) is 1.49. The molecule has 2 aliphatic heterocycles. The van der Waals surface area contributed by atoms with Crippen molar-refractivity contribution >= 4 is 11.8 Å². The summed E-state index contributed by atoms with van der Waals surface area (Å²) in [6, 6.07) is 3.30. The first-order chi connectivity index (χ1) is 12.8. The molecule has 2 saturated heterocycles. The molecule has 28 heavy (non-hydrogen) atoms. The van der Waals surface area contributed by atoms with Crippen LogP contribution >= 0.6 is 0 Å². The van der Waals surface area contributed by atoms with E-state index in [2.05, 4.69) is 0 Å².